The number of hydrogen-bond donors (Lipinski definition) is 1. The summed E-state index contributed by atoms with van der Waals surface area (Å²) in [6, 6.07) is 6.45. The van der Waals surface area contributed by atoms with Gasteiger partial charge in [-0.3, -0.25) is 4.79 Å². The average molecular weight is 263 g/mol. The number of hydrogen-bond acceptors (Lipinski definition) is 2. The van der Waals surface area contributed by atoms with Gasteiger partial charge in [0.2, 0.25) is 5.91 Å². The molecule has 0 aliphatic carbocycles. The van der Waals surface area contributed by atoms with Crippen LogP contribution in [0.15, 0.2) is 24.3 Å². The molecule has 4 nitrogen and oxygen atoms in total. The summed E-state index contributed by atoms with van der Waals surface area (Å²) in [7, 11) is 1.50. The van der Waals surface area contributed by atoms with Crippen LogP contribution in [0.3, 0.4) is 0 Å². The van der Waals surface area contributed by atoms with Crippen LogP contribution >= 0.6 is 0 Å². The molecule has 1 aromatic carbocycles. The van der Waals surface area contributed by atoms with Gasteiger partial charge in [0.1, 0.15) is 0 Å². The molecule has 0 heterocycles. The predicted octanol–water partition coefficient (Wildman–Crippen LogP) is 2.59. The minimum absolute atomic E-state index is 0.0176. The molecule has 0 aromatic heterocycles. The fourth-order valence-electron chi connectivity index (χ4n) is 1.88. The van der Waals surface area contributed by atoms with Crippen molar-refractivity contribution in [2.24, 2.45) is 0 Å². The predicted molar refractivity (Wildman–Crippen MR) is 74.0 cm³/mol. The minimum Gasteiger partial charge on any atom is -0.479 e. The fraction of sp³-hybridized carbons (Fsp3) is 0.467. The van der Waals surface area contributed by atoms with Gasteiger partial charge in [0.05, 0.1) is 0 Å². The largest absolute Gasteiger partial charge is 0.479 e. The van der Waals surface area contributed by atoms with Gasteiger partial charge in [0.25, 0.3) is 0 Å². The zero-order valence-corrected chi connectivity index (χ0v) is 12.1. The summed E-state index contributed by atoms with van der Waals surface area (Å²) in [5.41, 5.74) is 1.76. The Labute approximate surface area is 114 Å². The Hall–Kier alpha value is -1.84. The van der Waals surface area contributed by atoms with Crippen molar-refractivity contribution in [1.29, 1.82) is 0 Å². The van der Waals surface area contributed by atoms with Crippen molar-refractivity contribution in [3.05, 3.63) is 35.4 Å². The van der Waals surface area contributed by atoms with Crippen molar-refractivity contribution in [3.8, 4) is 0 Å². The van der Waals surface area contributed by atoms with Crippen LogP contribution in [0.4, 0.5) is 0 Å². The Morgan fingerprint density at radius 1 is 1.16 bits per heavy atom. The molecule has 1 atom stereocenters. The number of benzene rings is 1. The van der Waals surface area contributed by atoms with Gasteiger partial charge in [-0.15, -0.1) is 0 Å². The van der Waals surface area contributed by atoms with Gasteiger partial charge in [0.15, 0.2) is 6.04 Å². The molecule has 19 heavy (non-hydrogen) atoms. The minimum atomic E-state index is -1.03. The maximum absolute atomic E-state index is 11.4. The highest BCUT2D eigenvalue weighted by Crippen LogP contribution is 2.26. The highest BCUT2D eigenvalue weighted by molar-refractivity contribution is 5.83. The number of carboxylic acids is 1. The van der Waals surface area contributed by atoms with Crippen molar-refractivity contribution >= 4 is 11.9 Å². The third-order valence-electron chi connectivity index (χ3n) is 3.21. The number of carbonyl (C=O) groups excluding carboxylic acids is 1. The van der Waals surface area contributed by atoms with E-state index in [9.17, 15) is 14.7 Å². The van der Waals surface area contributed by atoms with Gasteiger partial charge in [0, 0.05) is 14.0 Å². The fourth-order valence-corrected chi connectivity index (χ4v) is 1.88. The van der Waals surface area contributed by atoms with Crippen molar-refractivity contribution in [2.45, 2.75) is 39.2 Å². The normalized spacial score (nSPS) is 12.9. The number of carboxylic acid groups (broad SMARTS) is 1. The van der Waals surface area contributed by atoms with E-state index in [4.69, 9.17) is 0 Å². The molecule has 0 aliphatic heterocycles. The molecule has 0 aliphatic rings. The molecule has 1 N–H and O–H groups in total. The maximum Gasteiger partial charge on any atom is 0.331 e. The van der Waals surface area contributed by atoms with Crippen LogP contribution in [-0.2, 0) is 15.0 Å². The Kier molecular flexibility index (Phi) is 4.35. The van der Waals surface area contributed by atoms with Crippen molar-refractivity contribution in [3.63, 3.8) is 0 Å². The van der Waals surface area contributed by atoms with Crippen molar-refractivity contribution in [2.75, 3.05) is 7.05 Å². The molecule has 1 unspecified atom stereocenters. The number of likely N-dealkylation sites (N-methyl/N-ethyl adjacent to an activating group) is 1. The summed E-state index contributed by atoms with van der Waals surface area (Å²) in [4.78, 5) is 23.9. The molecule has 4 heteroatoms. The molecule has 0 spiro atoms. The number of aliphatic carboxylic acids is 1. The van der Waals surface area contributed by atoms with E-state index in [-0.39, 0.29) is 11.3 Å². The molecule has 1 amide bonds. The molecule has 104 valence electrons. The zero-order chi connectivity index (χ0) is 14.8. The van der Waals surface area contributed by atoms with E-state index < -0.39 is 12.0 Å². The molecule has 0 saturated heterocycles. The summed E-state index contributed by atoms with van der Waals surface area (Å²) in [5.74, 6) is -1.30. The van der Waals surface area contributed by atoms with Crippen LogP contribution in [0.25, 0.3) is 0 Å². The van der Waals surface area contributed by atoms with Crippen LogP contribution in [0.5, 0.6) is 0 Å². The lowest BCUT2D eigenvalue weighted by molar-refractivity contribution is -0.148. The second-order valence-corrected chi connectivity index (χ2v) is 5.74. The summed E-state index contributed by atoms with van der Waals surface area (Å²) >= 11 is 0. The van der Waals surface area contributed by atoms with E-state index in [0.717, 1.165) is 5.56 Å². The average Bonchev–Trinajstić information content (AvgIpc) is 2.28. The Bertz CT molecular complexity index is 471. The molecule has 1 aromatic rings. The van der Waals surface area contributed by atoms with Crippen LogP contribution in [0, 0.1) is 0 Å². The number of rotatable bonds is 3. The second kappa shape index (κ2) is 5.43. The van der Waals surface area contributed by atoms with E-state index >= 15 is 0 Å². The van der Waals surface area contributed by atoms with E-state index in [0.29, 0.717) is 5.56 Å². The maximum atomic E-state index is 11.4. The molecule has 0 fully saturated rings. The van der Waals surface area contributed by atoms with Crippen LogP contribution in [-0.4, -0.2) is 28.9 Å². The monoisotopic (exact) mass is 263 g/mol. The number of carbonyl (C=O) groups is 2. The smallest absolute Gasteiger partial charge is 0.331 e. The van der Waals surface area contributed by atoms with Crippen molar-refractivity contribution in [1.82, 2.24) is 4.90 Å². The summed E-state index contributed by atoms with van der Waals surface area (Å²) in [6.07, 6.45) is 0. The molecule has 0 bridgehead atoms. The van der Waals surface area contributed by atoms with Crippen LogP contribution in [0.2, 0.25) is 0 Å². The highest BCUT2D eigenvalue weighted by atomic mass is 16.4. The van der Waals surface area contributed by atoms with Gasteiger partial charge in [-0.05, 0) is 16.5 Å². The molecule has 0 saturated carbocycles. The summed E-state index contributed by atoms with van der Waals surface area (Å²) in [5, 5.41) is 9.28. The van der Waals surface area contributed by atoms with Gasteiger partial charge >= 0.3 is 5.97 Å². The summed E-state index contributed by atoms with van der Waals surface area (Å²) < 4.78 is 0. The first-order valence-electron chi connectivity index (χ1n) is 6.21. The lowest BCUT2D eigenvalue weighted by atomic mass is 9.86. The molecule has 0 radical (unpaired) electrons. The van der Waals surface area contributed by atoms with Gasteiger partial charge in [-0.1, -0.05) is 45.0 Å². The standard InChI is InChI=1S/C15H21NO3/c1-10(17)16(5)13(14(18)19)11-6-8-12(9-7-11)15(2,3)4/h6-9,13H,1-5H3,(H,18,19). The first-order valence-corrected chi connectivity index (χ1v) is 6.21. The Morgan fingerprint density at radius 3 is 1.95 bits per heavy atom. The molecular formula is C15H21NO3. The third kappa shape index (κ3) is 3.56. The Morgan fingerprint density at radius 2 is 1.63 bits per heavy atom. The first-order chi connectivity index (χ1) is 8.64. The van der Waals surface area contributed by atoms with Gasteiger partial charge < -0.3 is 10.0 Å². The van der Waals surface area contributed by atoms with Crippen LogP contribution < -0.4 is 0 Å². The SMILES string of the molecule is CC(=O)N(C)C(C(=O)O)c1ccc(C(C)(C)C)cc1. The molecule has 1 rings (SSSR count). The van der Waals surface area contributed by atoms with E-state index in [1.165, 1.54) is 18.9 Å². The topological polar surface area (TPSA) is 57.6 Å². The summed E-state index contributed by atoms with van der Waals surface area (Å²) in [6.45, 7) is 7.65. The van der Waals surface area contributed by atoms with Gasteiger partial charge in [-0.2, -0.15) is 0 Å². The highest BCUT2D eigenvalue weighted by Gasteiger charge is 2.26. The Balaban J connectivity index is 3.12. The lowest BCUT2D eigenvalue weighted by Crippen LogP contribution is -2.34. The lowest BCUT2D eigenvalue weighted by Gasteiger charge is -2.25. The first kappa shape index (κ1) is 15.2. The quantitative estimate of drug-likeness (QED) is 0.912. The van der Waals surface area contributed by atoms with E-state index in [1.807, 2.05) is 12.1 Å². The van der Waals surface area contributed by atoms with E-state index in [1.54, 1.807) is 12.1 Å². The zero-order valence-electron chi connectivity index (χ0n) is 12.1. The van der Waals surface area contributed by atoms with E-state index in [2.05, 4.69) is 20.8 Å². The number of nitrogens with zero attached hydrogens (tertiary/aromatic N) is 1. The molecular weight excluding hydrogens is 242 g/mol. The van der Waals surface area contributed by atoms with Gasteiger partial charge in [-0.25, -0.2) is 4.79 Å². The second-order valence-electron chi connectivity index (χ2n) is 5.74. The third-order valence-corrected chi connectivity index (χ3v) is 3.21. The number of amides is 1. The van der Waals surface area contributed by atoms with Crippen molar-refractivity contribution < 1.29 is 14.7 Å². The van der Waals surface area contributed by atoms with Crippen LogP contribution in [0.1, 0.15) is 44.9 Å².